The molecule has 1 aliphatic heterocycles. The summed E-state index contributed by atoms with van der Waals surface area (Å²) in [7, 11) is 0. The average Bonchev–Trinajstić information content (AvgIpc) is 3.10. The number of piperidine rings is 1. The lowest BCUT2D eigenvalue weighted by Crippen LogP contribution is -2.50. The van der Waals surface area contributed by atoms with Gasteiger partial charge in [0.05, 0.1) is 17.5 Å². The molecule has 2 aromatic heterocycles. The van der Waals surface area contributed by atoms with Crippen molar-refractivity contribution in [3.8, 4) is 11.3 Å². The van der Waals surface area contributed by atoms with Gasteiger partial charge in [0.1, 0.15) is 5.82 Å². The third-order valence-electron chi connectivity index (χ3n) is 4.48. The molecule has 0 saturated carbocycles. The molecule has 1 fully saturated rings. The summed E-state index contributed by atoms with van der Waals surface area (Å²) in [6.07, 6.45) is 3.52. The van der Waals surface area contributed by atoms with Crippen LogP contribution in [0.4, 0.5) is 5.82 Å². The molecular weight excluding hydrogens is 302 g/mol. The number of hydrogen-bond donors (Lipinski definition) is 3. The Labute approximate surface area is 140 Å². The monoisotopic (exact) mass is 323 g/mol. The molecule has 0 radical (unpaired) electrons. The summed E-state index contributed by atoms with van der Waals surface area (Å²) >= 11 is 0. The Hall–Kier alpha value is -2.44. The lowest BCUT2D eigenvalue weighted by molar-refractivity contribution is 0.0291. The Morgan fingerprint density at radius 2 is 2.12 bits per heavy atom. The molecule has 24 heavy (non-hydrogen) atoms. The minimum absolute atomic E-state index is 0.479. The zero-order chi connectivity index (χ0) is 16.4. The lowest BCUT2D eigenvalue weighted by Gasteiger charge is -2.33. The summed E-state index contributed by atoms with van der Waals surface area (Å²) in [5.41, 5.74) is 2.00. The molecule has 1 atom stereocenters. The van der Waals surface area contributed by atoms with Crippen LogP contribution in [0.3, 0.4) is 0 Å². The molecular formula is C18H21N5O. The first kappa shape index (κ1) is 15.1. The van der Waals surface area contributed by atoms with Crippen molar-refractivity contribution in [2.45, 2.75) is 18.4 Å². The average molecular weight is 323 g/mol. The quantitative estimate of drug-likeness (QED) is 0.684. The van der Waals surface area contributed by atoms with E-state index in [2.05, 4.69) is 20.7 Å². The van der Waals surface area contributed by atoms with E-state index in [1.807, 2.05) is 42.5 Å². The molecule has 124 valence electrons. The van der Waals surface area contributed by atoms with Gasteiger partial charge in [-0.15, -0.1) is 0 Å². The fraction of sp³-hybridized carbons (Fsp3) is 0.333. The molecule has 3 N–H and O–H groups in total. The second-order valence-electron chi connectivity index (χ2n) is 6.35. The number of aromatic nitrogens is 3. The normalized spacial score (nSPS) is 21.0. The number of rotatable bonds is 4. The van der Waals surface area contributed by atoms with Crippen molar-refractivity contribution in [1.29, 1.82) is 0 Å². The molecule has 3 heterocycles. The summed E-state index contributed by atoms with van der Waals surface area (Å²) < 4.78 is 1.77. The Bertz CT molecular complexity index is 824. The summed E-state index contributed by atoms with van der Waals surface area (Å²) in [6.45, 7) is 2.06. The summed E-state index contributed by atoms with van der Waals surface area (Å²) in [5.74, 6) is 0.836. The van der Waals surface area contributed by atoms with Crippen molar-refractivity contribution in [1.82, 2.24) is 19.9 Å². The SMILES string of the molecule is O[C@@]1(CNc2cc(-c3ccccc3)nc3ccnn23)CCCNC1. The van der Waals surface area contributed by atoms with Crippen molar-refractivity contribution in [3.63, 3.8) is 0 Å². The van der Waals surface area contributed by atoms with Crippen LogP contribution in [0.25, 0.3) is 16.9 Å². The van der Waals surface area contributed by atoms with Crippen LogP contribution in [0.1, 0.15) is 12.8 Å². The van der Waals surface area contributed by atoms with E-state index in [0.717, 1.165) is 42.1 Å². The highest BCUT2D eigenvalue weighted by Gasteiger charge is 2.29. The third kappa shape index (κ3) is 2.98. The van der Waals surface area contributed by atoms with E-state index in [-0.39, 0.29) is 0 Å². The van der Waals surface area contributed by atoms with Crippen LogP contribution < -0.4 is 10.6 Å². The van der Waals surface area contributed by atoms with E-state index in [4.69, 9.17) is 0 Å². The second-order valence-corrected chi connectivity index (χ2v) is 6.35. The van der Waals surface area contributed by atoms with Crippen LogP contribution >= 0.6 is 0 Å². The van der Waals surface area contributed by atoms with Crippen molar-refractivity contribution < 1.29 is 5.11 Å². The fourth-order valence-corrected chi connectivity index (χ4v) is 3.15. The predicted molar refractivity (Wildman–Crippen MR) is 94.0 cm³/mol. The maximum Gasteiger partial charge on any atom is 0.157 e. The van der Waals surface area contributed by atoms with Crippen LogP contribution in [0.5, 0.6) is 0 Å². The van der Waals surface area contributed by atoms with Gasteiger partial charge in [0.25, 0.3) is 0 Å². The summed E-state index contributed by atoms with van der Waals surface area (Å²) in [6, 6.07) is 13.9. The van der Waals surface area contributed by atoms with E-state index in [1.54, 1.807) is 10.7 Å². The molecule has 1 aliphatic rings. The molecule has 6 heteroatoms. The molecule has 4 rings (SSSR count). The van der Waals surface area contributed by atoms with Gasteiger partial charge in [-0.1, -0.05) is 30.3 Å². The van der Waals surface area contributed by atoms with Gasteiger partial charge in [0.2, 0.25) is 0 Å². The summed E-state index contributed by atoms with van der Waals surface area (Å²) in [5, 5.41) is 21.6. The zero-order valence-corrected chi connectivity index (χ0v) is 13.4. The number of anilines is 1. The first-order valence-corrected chi connectivity index (χ1v) is 8.31. The van der Waals surface area contributed by atoms with Crippen LogP contribution in [-0.2, 0) is 0 Å². The molecule has 3 aromatic rings. The molecule has 0 aliphatic carbocycles. The summed E-state index contributed by atoms with van der Waals surface area (Å²) in [4.78, 5) is 4.66. The zero-order valence-electron chi connectivity index (χ0n) is 13.4. The van der Waals surface area contributed by atoms with E-state index >= 15 is 0 Å². The maximum absolute atomic E-state index is 10.7. The van der Waals surface area contributed by atoms with Crippen molar-refractivity contribution in [2.75, 3.05) is 25.0 Å². The molecule has 1 saturated heterocycles. The van der Waals surface area contributed by atoms with Crippen molar-refractivity contribution >= 4 is 11.5 Å². The number of nitrogens with one attached hydrogen (secondary N) is 2. The van der Waals surface area contributed by atoms with Gasteiger partial charge >= 0.3 is 0 Å². The van der Waals surface area contributed by atoms with Gasteiger partial charge in [0.15, 0.2) is 5.65 Å². The minimum Gasteiger partial charge on any atom is -0.387 e. The molecule has 6 nitrogen and oxygen atoms in total. The highest BCUT2D eigenvalue weighted by atomic mass is 16.3. The highest BCUT2D eigenvalue weighted by molar-refractivity contribution is 5.66. The number of β-amino-alcohol motifs (C(OH)–C–C–N with tert-alkyl or cyclic N) is 1. The molecule has 1 aromatic carbocycles. The van der Waals surface area contributed by atoms with E-state index in [9.17, 15) is 5.11 Å². The lowest BCUT2D eigenvalue weighted by atomic mass is 9.94. The standard InChI is InChI=1S/C18H21N5O/c24-18(8-4-9-19-12-18)13-20-17-11-15(14-5-2-1-3-6-14)22-16-7-10-21-23(16)17/h1-3,5-7,10-11,19-20,24H,4,8-9,12-13H2/t18-/m0/s1. The third-order valence-corrected chi connectivity index (χ3v) is 4.48. The van der Waals surface area contributed by atoms with Crippen LogP contribution in [-0.4, -0.2) is 44.9 Å². The first-order chi connectivity index (χ1) is 11.7. The van der Waals surface area contributed by atoms with Gasteiger partial charge < -0.3 is 15.7 Å². The number of nitrogens with zero attached hydrogens (tertiary/aromatic N) is 3. The van der Waals surface area contributed by atoms with E-state index in [0.29, 0.717) is 13.1 Å². The topological polar surface area (TPSA) is 74.5 Å². The number of aliphatic hydroxyl groups is 1. The van der Waals surface area contributed by atoms with Gasteiger partial charge in [-0.3, -0.25) is 0 Å². The van der Waals surface area contributed by atoms with Gasteiger partial charge in [-0.05, 0) is 19.4 Å². The smallest absolute Gasteiger partial charge is 0.157 e. The highest BCUT2D eigenvalue weighted by Crippen LogP contribution is 2.23. The number of hydrogen-bond acceptors (Lipinski definition) is 5. The van der Waals surface area contributed by atoms with Crippen LogP contribution in [0.2, 0.25) is 0 Å². The second kappa shape index (κ2) is 6.22. The Kier molecular flexibility index (Phi) is 3.92. The van der Waals surface area contributed by atoms with E-state index < -0.39 is 5.60 Å². The predicted octanol–water partition coefficient (Wildman–Crippen LogP) is 1.92. The molecule has 0 spiro atoms. The van der Waals surface area contributed by atoms with Gasteiger partial charge in [-0.2, -0.15) is 9.61 Å². The van der Waals surface area contributed by atoms with Crippen molar-refractivity contribution in [2.24, 2.45) is 0 Å². The van der Waals surface area contributed by atoms with Gasteiger partial charge in [-0.25, -0.2) is 4.98 Å². The van der Waals surface area contributed by atoms with Gasteiger partial charge in [0, 0.05) is 30.8 Å². The first-order valence-electron chi connectivity index (χ1n) is 8.31. The number of benzene rings is 1. The molecule has 0 unspecified atom stereocenters. The Morgan fingerprint density at radius 1 is 1.25 bits per heavy atom. The minimum atomic E-state index is -0.728. The van der Waals surface area contributed by atoms with E-state index in [1.165, 1.54) is 0 Å². The van der Waals surface area contributed by atoms with Crippen LogP contribution in [0, 0.1) is 0 Å². The maximum atomic E-state index is 10.7. The largest absolute Gasteiger partial charge is 0.387 e. The molecule has 0 amide bonds. The Balaban J connectivity index is 1.65. The Morgan fingerprint density at radius 3 is 2.92 bits per heavy atom. The van der Waals surface area contributed by atoms with Crippen molar-refractivity contribution in [3.05, 3.63) is 48.7 Å². The molecule has 0 bridgehead atoms. The fourth-order valence-electron chi connectivity index (χ4n) is 3.15. The van der Waals surface area contributed by atoms with Crippen LogP contribution in [0.15, 0.2) is 48.7 Å². The number of fused-ring (bicyclic) bond motifs is 1.